The lowest BCUT2D eigenvalue weighted by atomic mass is 9.76. The van der Waals surface area contributed by atoms with Crippen LogP contribution in [0.2, 0.25) is 0 Å². The van der Waals surface area contributed by atoms with Gasteiger partial charge in [0.1, 0.15) is 17.3 Å². The van der Waals surface area contributed by atoms with E-state index >= 15 is 0 Å². The number of hydrogen-bond acceptors (Lipinski definition) is 4. The second-order valence-corrected chi connectivity index (χ2v) is 23.9. The zero-order valence-electron chi connectivity index (χ0n) is 44.5. The van der Waals surface area contributed by atoms with Gasteiger partial charge < -0.3 is 14.5 Å². The minimum absolute atomic E-state index is 0.0121. The molecule has 0 bridgehead atoms. The first-order valence-electron chi connectivity index (χ1n) is 25.4. The van der Waals surface area contributed by atoms with Crippen LogP contribution in [0.1, 0.15) is 155 Å². The van der Waals surface area contributed by atoms with Gasteiger partial charge in [-0.05, 0) is 127 Å². The van der Waals surface area contributed by atoms with Crippen molar-refractivity contribution >= 4 is 33.2 Å². The number of anilines is 2. The lowest BCUT2D eigenvalue weighted by Gasteiger charge is -2.29. The van der Waals surface area contributed by atoms with Crippen molar-refractivity contribution in [2.24, 2.45) is 0 Å². The lowest BCUT2D eigenvalue weighted by molar-refractivity contribution is 0.481. The molecule has 0 saturated heterocycles. The predicted octanol–water partition coefficient (Wildman–Crippen LogP) is 17.9. The summed E-state index contributed by atoms with van der Waals surface area (Å²) in [5.74, 6) is 3.11. The van der Waals surface area contributed by atoms with E-state index in [0.29, 0.717) is 18.5 Å². The van der Waals surface area contributed by atoms with Crippen molar-refractivity contribution in [3.63, 3.8) is 0 Å². The van der Waals surface area contributed by atoms with Crippen LogP contribution in [0.15, 0.2) is 152 Å². The van der Waals surface area contributed by atoms with Gasteiger partial charge >= 0.3 is 0 Å². The van der Waals surface area contributed by atoms with Crippen molar-refractivity contribution in [3.8, 4) is 28.4 Å². The summed E-state index contributed by atoms with van der Waals surface area (Å²) in [5.41, 5.74) is 15.5. The molecule has 0 N–H and O–H groups in total. The second kappa shape index (κ2) is 18.0. The molecule has 5 nitrogen and oxygen atoms in total. The minimum atomic E-state index is -0.384. The molecule has 0 saturated carbocycles. The van der Waals surface area contributed by atoms with Crippen LogP contribution < -0.4 is 14.5 Å². The van der Waals surface area contributed by atoms with Crippen molar-refractivity contribution in [1.82, 2.24) is 9.55 Å². The number of fused-ring (bicyclic) bond motifs is 3. The van der Waals surface area contributed by atoms with Crippen LogP contribution in [0, 0.1) is 0 Å². The number of benzene rings is 6. The van der Waals surface area contributed by atoms with Gasteiger partial charge in [0, 0.05) is 58.3 Å². The van der Waals surface area contributed by atoms with E-state index in [1.807, 2.05) is 6.20 Å². The summed E-state index contributed by atoms with van der Waals surface area (Å²) < 4.78 is 9.75. The number of hydrogen-bond donors (Lipinski definition) is 0. The van der Waals surface area contributed by atoms with E-state index in [-0.39, 0.29) is 21.7 Å². The molecule has 0 amide bonds. The van der Waals surface area contributed by atoms with Crippen molar-refractivity contribution in [3.05, 3.63) is 191 Å². The molecule has 0 unspecified atom stereocenters. The summed E-state index contributed by atoms with van der Waals surface area (Å²) in [6.07, 6.45) is 6.42. The molecule has 3 heterocycles. The van der Waals surface area contributed by atoms with E-state index in [9.17, 15) is 0 Å². The number of nitrogens with zero attached hydrogens (tertiary/aromatic N) is 4. The third-order valence-electron chi connectivity index (χ3n) is 14.6. The van der Waals surface area contributed by atoms with Crippen LogP contribution >= 0.6 is 0 Å². The van der Waals surface area contributed by atoms with E-state index < -0.39 is 0 Å². The van der Waals surface area contributed by atoms with E-state index in [0.717, 1.165) is 39.6 Å². The van der Waals surface area contributed by atoms with Gasteiger partial charge in [0.2, 0.25) is 0 Å². The first-order valence-corrected chi connectivity index (χ1v) is 25.4. The van der Waals surface area contributed by atoms with Gasteiger partial charge in [-0.3, -0.25) is 4.57 Å². The van der Waals surface area contributed by atoms with Crippen molar-refractivity contribution in [1.29, 1.82) is 0 Å². The molecule has 0 fully saturated rings. The average Bonchev–Trinajstić information content (AvgIpc) is 3.94. The fourth-order valence-corrected chi connectivity index (χ4v) is 10.3. The number of ether oxygens (including phenoxy) is 1. The van der Waals surface area contributed by atoms with Gasteiger partial charge in [-0.25, -0.2) is 4.98 Å². The molecule has 6 aromatic carbocycles. The molecule has 1 aliphatic rings. The van der Waals surface area contributed by atoms with Crippen LogP contribution in [-0.2, 0) is 21.7 Å². The smallest absolute Gasteiger partial charge is 0.137 e. The summed E-state index contributed by atoms with van der Waals surface area (Å²) in [4.78, 5) is 9.82. The Kier molecular flexibility index (Phi) is 12.4. The molecular formula is C65H74N4O. The molecule has 0 atom stereocenters. The molecule has 1 aliphatic heterocycles. The maximum absolute atomic E-state index is 7.41. The van der Waals surface area contributed by atoms with Gasteiger partial charge in [0.15, 0.2) is 0 Å². The Bertz CT molecular complexity index is 3200. The van der Waals surface area contributed by atoms with E-state index in [4.69, 9.17) is 9.72 Å². The molecule has 70 heavy (non-hydrogen) atoms. The Balaban J connectivity index is 1.25. The van der Waals surface area contributed by atoms with Gasteiger partial charge in [0.05, 0.1) is 17.7 Å². The highest BCUT2D eigenvalue weighted by Gasteiger charge is 2.31. The maximum atomic E-state index is 7.41. The van der Waals surface area contributed by atoms with Crippen molar-refractivity contribution in [2.75, 3.05) is 16.5 Å². The summed E-state index contributed by atoms with van der Waals surface area (Å²) in [7, 11) is 0. The largest absolute Gasteiger partial charge is 0.457 e. The molecule has 8 aromatic rings. The van der Waals surface area contributed by atoms with Crippen LogP contribution in [0.25, 0.3) is 38.8 Å². The highest BCUT2D eigenvalue weighted by atomic mass is 16.5. The molecule has 0 radical (unpaired) electrons. The molecule has 2 aromatic heterocycles. The topological polar surface area (TPSA) is 33.5 Å². The van der Waals surface area contributed by atoms with Gasteiger partial charge in [-0.15, -0.1) is 0 Å². The van der Waals surface area contributed by atoms with Crippen molar-refractivity contribution < 1.29 is 4.74 Å². The average molecular weight is 927 g/mol. The summed E-state index contributed by atoms with van der Waals surface area (Å²) in [5, 5.41) is 2.39. The highest BCUT2D eigenvalue weighted by Crippen LogP contribution is 2.47. The third-order valence-corrected chi connectivity index (χ3v) is 14.6. The monoisotopic (exact) mass is 927 g/mol. The zero-order valence-corrected chi connectivity index (χ0v) is 44.5. The number of rotatable bonds is 10. The van der Waals surface area contributed by atoms with E-state index in [2.05, 4.69) is 264 Å². The second-order valence-electron chi connectivity index (χ2n) is 23.9. The molecule has 5 heteroatoms. The molecule has 9 rings (SSSR count). The fraction of sp³-hybridized carbons (Fsp3) is 0.338. The molecule has 0 aliphatic carbocycles. The van der Waals surface area contributed by atoms with Gasteiger partial charge in [-0.1, -0.05) is 177 Å². The number of pyridine rings is 1. The summed E-state index contributed by atoms with van der Waals surface area (Å²) in [6.45, 7) is 35.2. The van der Waals surface area contributed by atoms with Gasteiger partial charge in [-0.2, -0.15) is 0 Å². The quantitative estimate of drug-likeness (QED) is 0.137. The van der Waals surface area contributed by atoms with Crippen LogP contribution in [0.5, 0.6) is 11.5 Å². The normalized spacial score (nSPS) is 13.7. The highest BCUT2D eigenvalue weighted by molar-refractivity contribution is 6.12. The third kappa shape index (κ3) is 9.28. The lowest BCUT2D eigenvalue weighted by Crippen LogP contribution is -2.26. The SMILES string of the molecule is CC(C)c1cccc(C(C)C)c1-c1cc(Oc2cc(C(C)(C)c3ccccc3)c3c4ccccc4n(-c4cc(C(C)(C)C)ccn4)c3c2)cc(N2C=CN(c3cc(C(C)(C)C)cc(C(C)(C)C)c3)C2)c1. The van der Waals surface area contributed by atoms with Crippen LogP contribution in [-0.4, -0.2) is 16.2 Å². The number of aromatic nitrogens is 2. The Hall–Kier alpha value is -6.59. The predicted molar refractivity (Wildman–Crippen MR) is 299 cm³/mol. The van der Waals surface area contributed by atoms with Gasteiger partial charge in [0.25, 0.3) is 0 Å². The van der Waals surface area contributed by atoms with Crippen LogP contribution in [0.3, 0.4) is 0 Å². The first kappa shape index (κ1) is 48.4. The Morgan fingerprint density at radius 3 is 1.67 bits per heavy atom. The number of para-hydroxylation sites is 1. The Morgan fingerprint density at radius 2 is 1.07 bits per heavy atom. The van der Waals surface area contributed by atoms with Crippen molar-refractivity contribution in [2.45, 2.75) is 137 Å². The summed E-state index contributed by atoms with van der Waals surface area (Å²) >= 11 is 0. The fourth-order valence-electron chi connectivity index (χ4n) is 10.3. The standard InChI is InChI=1S/C65H74N4O/c1-42(2)53-25-21-26-54(43(3)4)60(53)44-32-49(67-30-31-68(41-67)50-35-47(63(8,9)10)34-48(36-50)64(11,12)13)38-51(33-44)70-52-39-56(65(14,15)45-22-17-16-18-23-45)61-55-24-19-20-27-57(55)69(58(61)40-52)59-37-46(28-29-66-59)62(5,6)7/h16-40,42-43H,41H2,1-15H3. The van der Waals surface area contributed by atoms with E-state index in [1.54, 1.807) is 0 Å². The first-order chi connectivity index (χ1) is 33.0. The zero-order chi connectivity index (χ0) is 50.1. The van der Waals surface area contributed by atoms with E-state index in [1.165, 1.54) is 61.0 Å². The van der Waals surface area contributed by atoms with Crippen LogP contribution in [0.4, 0.5) is 11.4 Å². The Morgan fingerprint density at radius 1 is 0.500 bits per heavy atom. The maximum Gasteiger partial charge on any atom is 0.137 e. The minimum Gasteiger partial charge on any atom is -0.457 e. The Labute approximate surface area is 418 Å². The summed E-state index contributed by atoms with van der Waals surface area (Å²) in [6, 6.07) is 49.5. The molecule has 0 spiro atoms. The molecule has 360 valence electrons. The molecular weight excluding hydrogens is 853 g/mol.